The Morgan fingerprint density at radius 2 is 2.39 bits per heavy atom. The van der Waals surface area contributed by atoms with Crippen molar-refractivity contribution in [2.75, 3.05) is 0 Å². The van der Waals surface area contributed by atoms with Gasteiger partial charge in [0.25, 0.3) is 0 Å². The summed E-state index contributed by atoms with van der Waals surface area (Å²) in [6.07, 6.45) is 5.51. The monoisotopic (exact) mass is 330 g/mol. The summed E-state index contributed by atoms with van der Waals surface area (Å²) in [5, 5.41) is 5.15. The van der Waals surface area contributed by atoms with E-state index in [2.05, 4.69) is 32.7 Å². The second-order valence-corrected chi connectivity index (χ2v) is 6.83. The fourth-order valence-corrected chi connectivity index (χ4v) is 3.85. The van der Waals surface area contributed by atoms with Crippen LogP contribution in [-0.2, 0) is 11.2 Å². The van der Waals surface area contributed by atoms with Crippen LogP contribution in [0.1, 0.15) is 37.0 Å². The number of hydrogen-bond donors (Lipinski definition) is 2. The quantitative estimate of drug-likeness (QED) is 0.872. The number of carbonyl (C=O) groups excluding carboxylic acids is 1. The molecule has 1 fully saturated rings. The third kappa shape index (κ3) is 4.37. The van der Waals surface area contributed by atoms with E-state index >= 15 is 0 Å². The van der Waals surface area contributed by atoms with Crippen LogP contribution in [0.5, 0.6) is 0 Å². The van der Waals surface area contributed by atoms with Crippen molar-refractivity contribution in [2.24, 2.45) is 5.73 Å². The molecule has 1 aliphatic rings. The van der Waals surface area contributed by atoms with Crippen LogP contribution in [0.2, 0.25) is 0 Å². The molecule has 2 unspecified atom stereocenters. The molecule has 1 aromatic heterocycles. The Kier molecular flexibility index (Phi) is 5.21. The van der Waals surface area contributed by atoms with Crippen LogP contribution in [0.15, 0.2) is 15.9 Å². The van der Waals surface area contributed by atoms with Gasteiger partial charge in [-0.1, -0.05) is 0 Å². The maximum atomic E-state index is 11.7. The molecule has 1 amide bonds. The number of carbonyl (C=O) groups is 1. The van der Waals surface area contributed by atoms with Crippen LogP contribution in [0, 0.1) is 0 Å². The Balaban J connectivity index is 1.63. The van der Waals surface area contributed by atoms with Crippen LogP contribution in [0.4, 0.5) is 0 Å². The molecular formula is C13H19BrN2OS. The predicted molar refractivity (Wildman–Crippen MR) is 78.7 cm³/mol. The fourth-order valence-electron chi connectivity index (χ4n) is 2.36. The SMILES string of the molecule is NC1CCC(NC(=O)CCCc2cc(Br)cs2)C1. The molecule has 18 heavy (non-hydrogen) atoms. The van der Waals surface area contributed by atoms with Crippen LogP contribution >= 0.6 is 27.3 Å². The maximum absolute atomic E-state index is 11.7. The summed E-state index contributed by atoms with van der Waals surface area (Å²) in [5.41, 5.74) is 5.82. The zero-order valence-electron chi connectivity index (χ0n) is 10.3. The van der Waals surface area contributed by atoms with Gasteiger partial charge in [-0.05, 0) is 54.1 Å². The normalized spacial score (nSPS) is 23.2. The van der Waals surface area contributed by atoms with Gasteiger partial charge >= 0.3 is 0 Å². The van der Waals surface area contributed by atoms with Gasteiger partial charge in [0, 0.05) is 33.2 Å². The fraction of sp³-hybridized carbons (Fsp3) is 0.615. The molecule has 100 valence electrons. The van der Waals surface area contributed by atoms with E-state index in [0.29, 0.717) is 12.5 Å². The van der Waals surface area contributed by atoms with Gasteiger partial charge < -0.3 is 11.1 Å². The first kappa shape index (κ1) is 14.0. The molecule has 3 nitrogen and oxygen atoms in total. The molecule has 0 radical (unpaired) electrons. The van der Waals surface area contributed by atoms with Crippen LogP contribution in [0.3, 0.4) is 0 Å². The highest BCUT2D eigenvalue weighted by Crippen LogP contribution is 2.21. The van der Waals surface area contributed by atoms with Crippen molar-refractivity contribution in [2.45, 2.75) is 50.6 Å². The molecule has 0 aliphatic heterocycles. The lowest BCUT2D eigenvalue weighted by atomic mass is 10.2. The standard InChI is InChI=1S/C13H19BrN2OS/c14-9-6-12(18-8-9)2-1-3-13(17)16-11-5-4-10(15)7-11/h6,8,10-11H,1-5,7,15H2,(H,16,17). The number of rotatable bonds is 5. The van der Waals surface area contributed by atoms with E-state index < -0.39 is 0 Å². The smallest absolute Gasteiger partial charge is 0.220 e. The van der Waals surface area contributed by atoms with Gasteiger partial charge in [-0.3, -0.25) is 4.79 Å². The lowest BCUT2D eigenvalue weighted by Crippen LogP contribution is -2.33. The lowest BCUT2D eigenvalue weighted by molar-refractivity contribution is -0.121. The van der Waals surface area contributed by atoms with Crippen molar-refractivity contribution in [3.05, 3.63) is 20.8 Å². The second kappa shape index (κ2) is 6.68. The highest BCUT2D eigenvalue weighted by molar-refractivity contribution is 9.10. The molecule has 2 atom stereocenters. The Hall–Kier alpha value is -0.390. The number of aryl methyl sites for hydroxylation is 1. The van der Waals surface area contributed by atoms with Gasteiger partial charge in [0.15, 0.2) is 0 Å². The first-order chi connectivity index (χ1) is 8.63. The summed E-state index contributed by atoms with van der Waals surface area (Å²) >= 11 is 5.18. The van der Waals surface area contributed by atoms with Crippen LogP contribution < -0.4 is 11.1 Å². The summed E-state index contributed by atoms with van der Waals surface area (Å²) < 4.78 is 1.13. The zero-order chi connectivity index (χ0) is 13.0. The van der Waals surface area contributed by atoms with E-state index in [4.69, 9.17) is 5.73 Å². The minimum absolute atomic E-state index is 0.171. The van der Waals surface area contributed by atoms with Crippen molar-refractivity contribution in [1.29, 1.82) is 0 Å². The van der Waals surface area contributed by atoms with Crippen molar-refractivity contribution >= 4 is 33.2 Å². The Bertz CT molecular complexity index is 407. The zero-order valence-corrected chi connectivity index (χ0v) is 12.7. The minimum Gasteiger partial charge on any atom is -0.353 e. The summed E-state index contributed by atoms with van der Waals surface area (Å²) in [4.78, 5) is 13.1. The molecule has 5 heteroatoms. The van der Waals surface area contributed by atoms with Crippen molar-refractivity contribution < 1.29 is 4.79 Å². The van der Waals surface area contributed by atoms with Gasteiger partial charge in [-0.25, -0.2) is 0 Å². The van der Waals surface area contributed by atoms with Gasteiger partial charge in [0.1, 0.15) is 0 Å². The van der Waals surface area contributed by atoms with E-state index in [1.54, 1.807) is 11.3 Å². The Morgan fingerprint density at radius 3 is 3.00 bits per heavy atom. The summed E-state index contributed by atoms with van der Waals surface area (Å²) in [6.45, 7) is 0. The maximum Gasteiger partial charge on any atom is 0.220 e. The molecule has 0 spiro atoms. The minimum atomic E-state index is 0.171. The molecule has 0 bridgehead atoms. The number of thiophene rings is 1. The number of hydrogen-bond acceptors (Lipinski definition) is 3. The topological polar surface area (TPSA) is 55.1 Å². The van der Waals surface area contributed by atoms with E-state index in [-0.39, 0.29) is 11.9 Å². The molecule has 1 saturated carbocycles. The predicted octanol–water partition coefficient (Wildman–Crippen LogP) is 2.83. The Morgan fingerprint density at radius 1 is 1.56 bits per heavy atom. The van der Waals surface area contributed by atoms with Crippen molar-refractivity contribution in [3.63, 3.8) is 0 Å². The first-order valence-electron chi connectivity index (χ1n) is 6.41. The van der Waals surface area contributed by atoms with Crippen LogP contribution in [0.25, 0.3) is 0 Å². The molecule has 1 aromatic rings. The highest BCUT2D eigenvalue weighted by Gasteiger charge is 2.22. The highest BCUT2D eigenvalue weighted by atomic mass is 79.9. The lowest BCUT2D eigenvalue weighted by Gasteiger charge is -2.11. The third-order valence-corrected chi connectivity index (χ3v) is 5.04. The van der Waals surface area contributed by atoms with Crippen LogP contribution in [-0.4, -0.2) is 18.0 Å². The number of amides is 1. The molecule has 0 saturated heterocycles. The van der Waals surface area contributed by atoms with E-state index in [1.165, 1.54) is 4.88 Å². The molecule has 2 rings (SSSR count). The van der Waals surface area contributed by atoms with E-state index in [1.807, 2.05) is 0 Å². The van der Waals surface area contributed by atoms with Gasteiger partial charge in [0.05, 0.1) is 0 Å². The van der Waals surface area contributed by atoms with Crippen molar-refractivity contribution in [1.82, 2.24) is 5.32 Å². The average Bonchev–Trinajstić information content (AvgIpc) is 2.88. The summed E-state index contributed by atoms with van der Waals surface area (Å²) in [6, 6.07) is 2.71. The third-order valence-electron chi connectivity index (χ3n) is 3.29. The van der Waals surface area contributed by atoms with Gasteiger partial charge in [-0.2, -0.15) is 0 Å². The molecular weight excluding hydrogens is 312 g/mol. The summed E-state index contributed by atoms with van der Waals surface area (Å²) in [7, 11) is 0. The molecule has 1 heterocycles. The number of nitrogens with two attached hydrogens (primary N) is 1. The van der Waals surface area contributed by atoms with E-state index in [0.717, 1.165) is 36.6 Å². The summed E-state index contributed by atoms with van der Waals surface area (Å²) in [5.74, 6) is 0.171. The number of nitrogens with one attached hydrogen (secondary N) is 1. The molecule has 1 aliphatic carbocycles. The van der Waals surface area contributed by atoms with Crippen molar-refractivity contribution in [3.8, 4) is 0 Å². The van der Waals surface area contributed by atoms with Gasteiger partial charge in [-0.15, -0.1) is 11.3 Å². The molecule has 0 aromatic carbocycles. The first-order valence-corrected chi connectivity index (χ1v) is 8.08. The average molecular weight is 331 g/mol. The number of halogens is 1. The van der Waals surface area contributed by atoms with Gasteiger partial charge in [0.2, 0.25) is 5.91 Å². The Labute approximate surface area is 120 Å². The largest absolute Gasteiger partial charge is 0.353 e. The molecule has 3 N–H and O–H groups in total. The van der Waals surface area contributed by atoms with E-state index in [9.17, 15) is 4.79 Å². The second-order valence-electron chi connectivity index (χ2n) is 4.92.